The highest BCUT2D eigenvalue weighted by molar-refractivity contribution is 5.76. The Bertz CT molecular complexity index is 1320. The third-order valence-corrected chi connectivity index (χ3v) is 5.19. The van der Waals surface area contributed by atoms with E-state index < -0.39 is 22.9 Å². The molecule has 0 N–H and O–H groups in total. The van der Waals surface area contributed by atoms with Gasteiger partial charge in [-0.1, -0.05) is 59.8 Å². The number of alkyl halides is 3. The van der Waals surface area contributed by atoms with Gasteiger partial charge in [-0.25, -0.2) is 0 Å². The lowest BCUT2D eigenvalue weighted by Gasteiger charge is -2.28. The minimum atomic E-state index is -4.71. The van der Waals surface area contributed by atoms with Crippen molar-refractivity contribution in [3.05, 3.63) is 92.1 Å². The summed E-state index contributed by atoms with van der Waals surface area (Å²) in [5.74, 6) is -1.58. The second-order valence-electron chi connectivity index (χ2n) is 7.67. The van der Waals surface area contributed by atoms with Crippen molar-refractivity contribution in [2.45, 2.75) is 19.3 Å². The van der Waals surface area contributed by atoms with Crippen molar-refractivity contribution in [2.24, 2.45) is 0 Å². The monoisotopic (exact) mass is 456 g/mol. The number of benzene rings is 2. The summed E-state index contributed by atoms with van der Waals surface area (Å²) in [5.41, 5.74) is 1.76. The van der Waals surface area contributed by atoms with Crippen LogP contribution in [-0.2, 0) is 19.3 Å². The average molecular weight is 456 g/mol. The van der Waals surface area contributed by atoms with Gasteiger partial charge in [0, 0.05) is 32.7 Å². The van der Waals surface area contributed by atoms with Crippen LogP contribution in [0.15, 0.2) is 68.7 Å². The van der Waals surface area contributed by atoms with Crippen molar-refractivity contribution in [1.29, 1.82) is 0 Å². The second kappa shape index (κ2) is 8.53. The zero-order chi connectivity index (χ0) is 23.8. The fraction of sp³-hybridized carbons (Fsp3) is 0.217. The van der Waals surface area contributed by atoms with Crippen LogP contribution in [0.2, 0.25) is 0 Å². The topological polar surface area (TPSA) is 79.5 Å². The van der Waals surface area contributed by atoms with Crippen molar-refractivity contribution < 1.29 is 17.7 Å². The molecule has 0 spiro atoms. The summed E-state index contributed by atoms with van der Waals surface area (Å²) in [6, 6.07) is 16.1. The van der Waals surface area contributed by atoms with Gasteiger partial charge < -0.3 is 14.3 Å². The molecule has 0 unspecified atom stereocenters. The van der Waals surface area contributed by atoms with E-state index >= 15 is 0 Å². The van der Waals surface area contributed by atoms with Crippen LogP contribution in [0.25, 0.3) is 11.4 Å². The quantitative estimate of drug-likeness (QED) is 0.393. The van der Waals surface area contributed by atoms with E-state index in [1.165, 1.54) is 0 Å². The first-order chi connectivity index (χ1) is 15.6. The number of nitrogens with zero attached hydrogens (tertiary/aromatic N) is 4. The molecule has 7 nitrogen and oxygen atoms in total. The van der Waals surface area contributed by atoms with Gasteiger partial charge in [-0.15, -0.1) is 0 Å². The van der Waals surface area contributed by atoms with Crippen LogP contribution < -0.4 is 20.7 Å². The van der Waals surface area contributed by atoms with E-state index in [2.05, 4.69) is 14.7 Å². The lowest BCUT2D eigenvalue weighted by Crippen LogP contribution is -2.43. The van der Waals surface area contributed by atoms with E-state index in [9.17, 15) is 22.8 Å². The molecular formula is C23H19F3N4O3. The predicted molar refractivity (Wildman–Crippen MR) is 117 cm³/mol. The smallest absolute Gasteiger partial charge is 0.365 e. The summed E-state index contributed by atoms with van der Waals surface area (Å²) in [4.78, 5) is 31.3. The zero-order valence-electron chi connectivity index (χ0n) is 17.8. The number of rotatable bonds is 7. The van der Waals surface area contributed by atoms with Gasteiger partial charge in [-0.3, -0.25) is 9.59 Å². The van der Waals surface area contributed by atoms with Crippen molar-refractivity contribution >= 4 is 11.4 Å². The van der Waals surface area contributed by atoms with Crippen LogP contribution in [0.1, 0.15) is 17.0 Å². The molecule has 0 amide bonds. The minimum absolute atomic E-state index is 0.172. The number of anilines is 2. The summed E-state index contributed by atoms with van der Waals surface area (Å²) < 4.78 is 42.2. The maximum absolute atomic E-state index is 12.6. The van der Waals surface area contributed by atoms with E-state index in [0.717, 1.165) is 11.1 Å². The van der Waals surface area contributed by atoms with Crippen molar-refractivity contribution in [1.82, 2.24) is 10.1 Å². The summed E-state index contributed by atoms with van der Waals surface area (Å²) in [6.45, 7) is 0.795. The Balaban J connectivity index is 1.48. The van der Waals surface area contributed by atoms with Crippen LogP contribution in [0.3, 0.4) is 0 Å². The third-order valence-electron chi connectivity index (χ3n) is 5.19. The second-order valence-corrected chi connectivity index (χ2v) is 7.67. The highest BCUT2D eigenvalue weighted by atomic mass is 19.4. The van der Waals surface area contributed by atoms with Gasteiger partial charge in [0.25, 0.3) is 10.9 Å². The van der Waals surface area contributed by atoms with Crippen LogP contribution in [-0.4, -0.2) is 24.2 Å². The van der Waals surface area contributed by atoms with E-state index in [-0.39, 0.29) is 5.82 Å². The Morgan fingerprint density at radius 2 is 1.33 bits per heavy atom. The molecule has 0 atom stereocenters. The molecule has 33 heavy (non-hydrogen) atoms. The first kappa shape index (κ1) is 22.3. The van der Waals surface area contributed by atoms with Crippen molar-refractivity contribution in [3.63, 3.8) is 0 Å². The highest BCUT2D eigenvalue weighted by Gasteiger charge is 2.38. The number of aromatic nitrogens is 2. The van der Waals surface area contributed by atoms with Gasteiger partial charge >= 0.3 is 12.1 Å². The summed E-state index contributed by atoms with van der Waals surface area (Å²) in [6.07, 6.45) is -4.71. The molecule has 0 fully saturated rings. The summed E-state index contributed by atoms with van der Waals surface area (Å²) in [5, 5.41) is 3.36. The zero-order valence-corrected chi connectivity index (χ0v) is 17.8. The third kappa shape index (κ3) is 4.50. The molecule has 4 aromatic rings. The molecule has 0 aliphatic rings. The average Bonchev–Trinajstić information content (AvgIpc) is 3.28. The summed E-state index contributed by atoms with van der Waals surface area (Å²) in [7, 11) is 3.47. The van der Waals surface area contributed by atoms with Crippen molar-refractivity contribution in [3.8, 4) is 11.4 Å². The summed E-state index contributed by atoms with van der Waals surface area (Å²) >= 11 is 0. The van der Waals surface area contributed by atoms with Gasteiger partial charge in [-0.05, 0) is 11.1 Å². The largest absolute Gasteiger partial charge is 0.471 e. The van der Waals surface area contributed by atoms with Crippen LogP contribution in [0, 0.1) is 0 Å². The Morgan fingerprint density at radius 1 is 0.818 bits per heavy atom. The molecule has 4 rings (SSSR count). The van der Waals surface area contributed by atoms with Gasteiger partial charge in [0.1, 0.15) is 11.4 Å². The molecule has 0 aliphatic carbocycles. The molecule has 0 radical (unpaired) electrons. The van der Waals surface area contributed by atoms with Gasteiger partial charge in [0.05, 0.1) is 0 Å². The van der Waals surface area contributed by atoms with Gasteiger partial charge in [0.15, 0.2) is 0 Å². The first-order valence-electron chi connectivity index (χ1n) is 9.95. The van der Waals surface area contributed by atoms with Crippen LogP contribution in [0.5, 0.6) is 0 Å². The SMILES string of the molecule is CN(Cc1ccccc1)c1c(N(C)Cc2ccc(-c3noc(C(F)(F)F)n3)cc2)c(=O)c1=O. The molecule has 0 aliphatic heterocycles. The normalized spacial score (nSPS) is 11.7. The molecule has 1 aromatic heterocycles. The molecular weight excluding hydrogens is 437 g/mol. The predicted octanol–water partition coefficient (Wildman–Crippen LogP) is 3.62. The molecule has 0 saturated heterocycles. The molecule has 3 aromatic carbocycles. The van der Waals surface area contributed by atoms with Gasteiger partial charge in [-0.2, -0.15) is 18.2 Å². The molecule has 0 bridgehead atoms. The Labute approximate surface area is 186 Å². The highest BCUT2D eigenvalue weighted by Crippen LogP contribution is 2.30. The van der Waals surface area contributed by atoms with E-state index in [0.29, 0.717) is 30.0 Å². The van der Waals surface area contributed by atoms with Crippen LogP contribution in [0.4, 0.5) is 24.5 Å². The Kier molecular flexibility index (Phi) is 5.75. The minimum Gasteiger partial charge on any atom is -0.365 e. The molecule has 1 heterocycles. The Morgan fingerprint density at radius 3 is 1.82 bits per heavy atom. The lowest BCUT2D eigenvalue weighted by molar-refractivity contribution is -0.159. The fourth-order valence-electron chi connectivity index (χ4n) is 3.58. The number of hydrogen-bond acceptors (Lipinski definition) is 7. The Hall–Kier alpha value is -3.95. The maximum Gasteiger partial charge on any atom is 0.471 e. The lowest BCUT2D eigenvalue weighted by atomic mass is 10.1. The van der Waals surface area contributed by atoms with E-state index in [1.54, 1.807) is 48.2 Å². The number of halogens is 3. The van der Waals surface area contributed by atoms with Gasteiger partial charge in [0.2, 0.25) is 5.82 Å². The van der Waals surface area contributed by atoms with Crippen LogP contribution >= 0.6 is 0 Å². The fourth-order valence-corrected chi connectivity index (χ4v) is 3.58. The first-order valence-corrected chi connectivity index (χ1v) is 9.95. The number of hydrogen-bond donors (Lipinski definition) is 0. The standard InChI is InChI=1S/C23H19F3N4O3/c1-29(12-14-6-4-3-5-7-14)17-18(20(32)19(17)31)30(2)13-15-8-10-16(11-9-15)21-27-22(33-28-21)23(24,25)26/h3-11H,12-13H2,1-2H3. The van der Waals surface area contributed by atoms with Crippen molar-refractivity contribution in [2.75, 3.05) is 23.9 Å². The molecule has 0 saturated carbocycles. The molecule has 170 valence electrons. The molecule has 10 heteroatoms. The van der Waals surface area contributed by atoms with E-state index in [1.807, 2.05) is 30.3 Å². The maximum atomic E-state index is 12.6. The van der Waals surface area contributed by atoms with E-state index in [4.69, 9.17) is 0 Å².